The number of nitrogens with zero attached hydrogens (tertiary/aromatic N) is 1. The highest BCUT2D eigenvalue weighted by molar-refractivity contribution is 5.62. The number of phenols is 1. The maximum absolute atomic E-state index is 13.6. The van der Waals surface area contributed by atoms with Crippen molar-refractivity contribution in [2.24, 2.45) is 0 Å². The molecule has 2 N–H and O–H groups in total. The van der Waals surface area contributed by atoms with E-state index < -0.39 is 5.82 Å². The minimum atomic E-state index is -0.696. The zero-order valence-electron chi connectivity index (χ0n) is 9.16. The minimum Gasteiger partial charge on any atom is -0.505 e. The maximum Gasteiger partial charge on any atom is 0.208 e. The van der Waals surface area contributed by atoms with Crippen molar-refractivity contribution >= 4 is 5.69 Å². The van der Waals surface area contributed by atoms with E-state index in [0.29, 0.717) is 5.69 Å². The summed E-state index contributed by atoms with van der Waals surface area (Å²) in [4.78, 5) is 2.04. The van der Waals surface area contributed by atoms with Crippen LogP contribution in [0.2, 0.25) is 0 Å². The van der Waals surface area contributed by atoms with Gasteiger partial charge in [-0.1, -0.05) is 0 Å². The molecule has 0 amide bonds. The second-order valence-electron chi connectivity index (χ2n) is 3.69. The number of aromatic hydroxyl groups is 1. The Bertz CT molecular complexity index is 378. The Balaban J connectivity index is 2.35. The van der Waals surface area contributed by atoms with E-state index in [0.717, 1.165) is 26.2 Å². The maximum atomic E-state index is 13.6. The van der Waals surface area contributed by atoms with Gasteiger partial charge in [-0.25, -0.2) is 0 Å². The molecule has 5 heteroatoms. The van der Waals surface area contributed by atoms with Crippen LogP contribution in [-0.4, -0.2) is 38.4 Å². The second kappa shape index (κ2) is 4.57. The van der Waals surface area contributed by atoms with Crippen molar-refractivity contribution in [1.29, 1.82) is 0 Å². The van der Waals surface area contributed by atoms with Crippen LogP contribution in [0.5, 0.6) is 11.5 Å². The van der Waals surface area contributed by atoms with Crippen LogP contribution in [0.1, 0.15) is 0 Å². The Morgan fingerprint density at radius 3 is 2.69 bits per heavy atom. The van der Waals surface area contributed by atoms with Gasteiger partial charge >= 0.3 is 0 Å². The molecule has 0 atom stereocenters. The van der Waals surface area contributed by atoms with E-state index in [1.807, 2.05) is 4.90 Å². The van der Waals surface area contributed by atoms with E-state index in [1.165, 1.54) is 13.2 Å². The van der Waals surface area contributed by atoms with E-state index in [4.69, 9.17) is 4.74 Å². The summed E-state index contributed by atoms with van der Waals surface area (Å²) >= 11 is 0. The summed E-state index contributed by atoms with van der Waals surface area (Å²) in [5.74, 6) is -0.962. The number of rotatable bonds is 2. The molecule has 4 nitrogen and oxygen atoms in total. The molecule has 0 radical (unpaired) electrons. The number of piperazine rings is 1. The molecule has 1 aliphatic heterocycles. The molecule has 0 unspecified atom stereocenters. The lowest BCUT2D eigenvalue weighted by Gasteiger charge is -2.30. The van der Waals surface area contributed by atoms with Gasteiger partial charge in [0.15, 0.2) is 11.5 Å². The molecule has 0 aliphatic carbocycles. The van der Waals surface area contributed by atoms with Crippen molar-refractivity contribution in [2.75, 3.05) is 38.2 Å². The normalized spacial score (nSPS) is 16.2. The molecule has 1 aromatic rings. The summed E-state index contributed by atoms with van der Waals surface area (Å²) in [5.41, 5.74) is 0.694. The largest absolute Gasteiger partial charge is 0.505 e. The molecule has 16 heavy (non-hydrogen) atoms. The lowest BCUT2D eigenvalue weighted by molar-refractivity contribution is 0.363. The van der Waals surface area contributed by atoms with Crippen molar-refractivity contribution in [3.05, 3.63) is 17.9 Å². The lowest BCUT2D eigenvalue weighted by atomic mass is 10.2. The van der Waals surface area contributed by atoms with Crippen molar-refractivity contribution in [2.45, 2.75) is 0 Å². The van der Waals surface area contributed by atoms with Gasteiger partial charge in [-0.3, -0.25) is 0 Å². The van der Waals surface area contributed by atoms with Crippen LogP contribution in [0.3, 0.4) is 0 Å². The summed E-state index contributed by atoms with van der Waals surface area (Å²) < 4.78 is 18.6. The smallest absolute Gasteiger partial charge is 0.208 e. The average molecular weight is 226 g/mol. The van der Waals surface area contributed by atoms with Gasteiger partial charge in [0.2, 0.25) is 5.82 Å². The number of benzene rings is 1. The first kappa shape index (κ1) is 11.0. The Morgan fingerprint density at radius 2 is 2.06 bits per heavy atom. The summed E-state index contributed by atoms with van der Waals surface area (Å²) in [5, 5.41) is 12.5. The van der Waals surface area contributed by atoms with E-state index in [9.17, 15) is 9.50 Å². The number of nitrogens with one attached hydrogen (secondary N) is 1. The summed E-state index contributed by atoms with van der Waals surface area (Å²) in [6, 6.07) is 3.04. The Kier molecular flexibility index (Phi) is 3.14. The molecule has 1 aliphatic rings. The number of methoxy groups -OCH3 is 1. The molecule has 88 valence electrons. The first-order valence-electron chi connectivity index (χ1n) is 5.25. The van der Waals surface area contributed by atoms with Crippen LogP contribution in [0.4, 0.5) is 10.1 Å². The first-order chi connectivity index (χ1) is 7.74. The van der Waals surface area contributed by atoms with Crippen LogP contribution < -0.4 is 15.0 Å². The fourth-order valence-corrected chi connectivity index (χ4v) is 1.88. The SMILES string of the molecule is COc1c(N2CCNCC2)ccc(O)c1F. The number of halogens is 1. The van der Waals surface area contributed by atoms with Crippen LogP contribution in [0.25, 0.3) is 0 Å². The molecule has 0 aromatic heterocycles. The first-order valence-corrected chi connectivity index (χ1v) is 5.25. The number of hydrogen-bond acceptors (Lipinski definition) is 4. The van der Waals surface area contributed by atoms with Crippen LogP contribution in [0, 0.1) is 5.82 Å². The molecular weight excluding hydrogens is 211 g/mol. The monoisotopic (exact) mass is 226 g/mol. The third kappa shape index (κ3) is 1.90. The molecule has 0 bridgehead atoms. The van der Waals surface area contributed by atoms with E-state index >= 15 is 0 Å². The fraction of sp³-hybridized carbons (Fsp3) is 0.455. The van der Waals surface area contributed by atoms with Crippen molar-refractivity contribution in [3.8, 4) is 11.5 Å². The van der Waals surface area contributed by atoms with Gasteiger partial charge in [0.25, 0.3) is 0 Å². The highest BCUT2D eigenvalue weighted by atomic mass is 19.1. The highest BCUT2D eigenvalue weighted by Gasteiger charge is 2.19. The molecular formula is C11H15FN2O2. The Labute approximate surface area is 93.6 Å². The Morgan fingerprint density at radius 1 is 1.38 bits per heavy atom. The zero-order valence-corrected chi connectivity index (χ0v) is 9.16. The zero-order chi connectivity index (χ0) is 11.5. The molecule has 2 rings (SSSR count). The Hall–Kier alpha value is -1.49. The molecule has 1 fully saturated rings. The predicted octanol–water partition coefficient (Wildman–Crippen LogP) is 0.949. The lowest BCUT2D eigenvalue weighted by Crippen LogP contribution is -2.43. The number of hydrogen-bond donors (Lipinski definition) is 2. The summed E-state index contributed by atoms with van der Waals surface area (Å²) in [6.07, 6.45) is 0. The number of anilines is 1. The molecule has 0 spiro atoms. The van der Waals surface area contributed by atoms with Gasteiger partial charge in [-0.2, -0.15) is 4.39 Å². The van der Waals surface area contributed by atoms with Crippen LogP contribution in [0.15, 0.2) is 12.1 Å². The average Bonchev–Trinajstić information content (AvgIpc) is 2.33. The topological polar surface area (TPSA) is 44.7 Å². The van der Waals surface area contributed by atoms with Crippen molar-refractivity contribution < 1.29 is 14.2 Å². The van der Waals surface area contributed by atoms with Gasteiger partial charge < -0.3 is 20.1 Å². The molecule has 0 saturated carbocycles. The molecule has 1 heterocycles. The third-order valence-electron chi connectivity index (χ3n) is 2.72. The molecule has 1 aromatic carbocycles. The van der Waals surface area contributed by atoms with Gasteiger partial charge in [0.05, 0.1) is 12.8 Å². The van der Waals surface area contributed by atoms with Crippen LogP contribution >= 0.6 is 0 Å². The predicted molar refractivity (Wildman–Crippen MR) is 59.7 cm³/mol. The molecule has 1 saturated heterocycles. The van der Waals surface area contributed by atoms with E-state index in [-0.39, 0.29) is 11.5 Å². The third-order valence-corrected chi connectivity index (χ3v) is 2.72. The van der Waals surface area contributed by atoms with Crippen molar-refractivity contribution in [3.63, 3.8) is 0 Å². The second-order valence-corrected chi connectivity index (χ2v) is 3.69. The number of ether oxygens (including phenoxy) is 1. The van der Waals surface area contributed by atoms with Crippen LogP contribution in [-0.2, 0) is 0 Å². The highest BCUT2D eigenvalue weighted by Crippen LogP contribution is 2.35. The van der Waals surface area contributed by atoms with E-state index in [1.54, 1.807) is 6.07 Å². The van der Waals surface area contributed by atoms with Crippen molar-refractivity contribution in [1.82, 2.24) is 5.32 Å². The van der Waals surface area contributed by atoms with Gasteiger partial charge in [-0.15, -0.1) is 0 Å². The number of phenolic OH excluding ortho intramolecular Hbond substituents is 1. The van der Waals surface area contributed by atoms with Gasteiger partial charge in [0.1, 0.15) is 0 Å². The van der Waals surface area contributed by atoms with Gasteiger partial charge in [-0.05, 0) is 12.1 Å². The summed E-state index contributed by atoms with van der Waals surface area (Å²) in [6.45, 7) is 3.35. The van der Waals surface area contributed by atoms with Gasteiger partial charge in [0, 0.05) is 26.2 Å². The quantitative estimate of drug-likeness (QED) is 0.788. The van der Waals surface area contributed by atoms with E-state index in [2.05, 4.69) is 5.32 Å². The summed E-state index contributed by atoms with van der Waals surface area (Å²) in [7, 11) is 1.41. The standard InChI is InChI=1S/C11H15FN2O2/c1-16-11-8(2-3-9(15)10(11)12)14-6-4-13-5-7-14/h2-3,13,15H,4-7H2,1H3. The minimum absolute atomic E-state index is 0.113. The fourth-order valence-electron chi connectivity index (χ4n) is 1.88.